The van der Waals surface area contributed by atoms with Gasteiger partial charge in [-0.3, -0.25) is 28.8 Å². The van der Waals surface area contributed by atoms with E-state index in [4.69, 9.17) is 69.1 Å². The van der Waals surface area contributed by atoms with Gasteiger partial charge in [-0.1, -0.05) is 42.3 Å². The van der Waals surface area contributed by atoms with Crippen LogP contribution in [0.25, 0.3) is 0 Å². The van der Waals surface area contributed by atoms with Crippen molar-refractivity contribution in [2.75, 3.05) is 183 Å². The molecule has 0 atom stereocenters. The van der Waals surface area contributed by atoms with Crippen molar-refractivity contribution in [3.8, 4) is 12.3 Å². The maximum atomic E-state index is 13.7. The van der Waals surface area contributed by atoms with Crippen LogP contribution in [0.5, 0.6) is 0 Å². The van der Waals surface area contributed by atoms with Crippen LogP contribution >= 0.6 is 0 Å². The molecule has 2 rings (SSSR count). The van der Waals surface area contributed by atoms with E-state index in [1.807, 2.05) is 31.2 Å². The Morgan fingerprint density at radius 2 is 0.827 bits per heavy atom. The Kier molecular flexibility index (Phi) is 42.2. The van der Waals surface area contributed by atoms with Gasteiger partial charge >= 0.3 is 0 Å². The highest BCUT2D eigenvalue weighted by atomic mass is 16.5. The number of para-hydroxylation sites is 1. The van der Waals surface area contributed by atoms with Gasteiger partial charge in [0, 0.05) is 70.3 Å². The van der Waals surface area contributed by atoms with E-state index in [1.54, 1.807) is 29.2 Å². The molecule has 25 nitrogen and oxygen atoms in total. The molecule has 456 valence electrons. The molecular weight excluding hydrogens is 1060 g/mol. The largest absolute Gasteiger partial charge is 0.394 e. The summed E-state index contributed by atoms with van der Waals surface area (Å²) in [5.74, 6) is 0.543. The highest BCUT2D eigenvalue weighted by molar-refractivity contribution is 5.96. The smallest absolute Gasteiger partial charge is 0.227 e. The van der Waals surface area contributed by atoms with Crippen molar-refractivity contribution in [3.63, 3.8) is 0 Å². The van der Waals surface area contributed by atoms with E-state index < -0.39 is 11.4 Å². The van der Waals surface area contributed by atoms with Crippen molar-refractivity contribution >= 4 is 41.1 Å². The molecule has 8 N–H and O–H groups in total. The van der Waals surface area contributed by atoms with Crippen molar-refractivity contribution in [1.82, 2.24) is 26.6 Å². The van der Waals surface area contributed by atoms with Gasteiger partial charge in [-0.2, -0.15) is 0 Å². The molecule has 0 spiro atoms. The Morgan fingerprint density at radius 1 is 0.457 bits per heavy atom. The van der Waals surface area contributed by atoms with E-state index in [1.165, 1.54) is 0 Å². The number of carbonyl (C=O) groups is 6. The molecular formula is C56H88N6O19. The van der Waals surface area contributed by atoms with Gasteiger partial charge in [0.1, 0.15) is 5.54 Å². The summed E-state index contributed by atoms with van der Waals surface area (Å²) < 4.78 is 55.3. The fraction of sp³-hybridized carbons (Fsp3) is 0.643. The van der Waals surface area contributed by atoms with E-state index in [0.717, 1.165) is 11.1 Å². The van der Waals surface area contributed by atoms with Crippen LogP contribution in [0.2, 0.25) is 0 Å². The summed E-state index contributed by atoms with van der Waals surface area (Å²) in [5, 5.41) is 40.4. The highest BCUT2D eigenvalue weighted by Crippen LogP contribution is 2.24. The second kappa shape index (κ2) is 47.9. The molecule has 2 aromatic carbocycles. The number of terminal acetylenes is 1. The van der Waals surface area contributed by atoms with Gasteiger partial charge in [-0.15, -0.1) is 6.42 Å². The van der Waals surface area contributed by atoms with Gasteiger partial charge in [0.2, 0.25) is 35.4 Å². The van der Waals surface area contributed by atoms with Gasteiger partial charge < -0.3 is 94.2 Å². The summed E-state index contributed by atoms with van der Waals surface area (Å²) in [5.41, 5.74) is 1.67. The van der Waals surface area contributed by atoms with Crippen molar-refractivity contribution in [2.45, 2.75) is 57.5 Å². The molecule has 0 aromatic heterocycles. The maximum absolute atomic E-state index is 13.7. The van der Waals surface area contributed by atoms with Crippen molar-refractivity contribution in [3.05, 3.63) is 65.2 Å². The number of rotatable bonds is 52. The lowest BCUT2D eigenvalue weighted by molar-refractivity contribution is -0.131. The molecule has 0 fully saturated rings. The minimum absolute atomic E-state index is 0.0430. The number of aliphatic hydroxyl groups is 3. The predicted octanol–water partition coefficient (Wildman–Crippen LogP) is -0.687. The Morgan fingerprint density at radius 3 is 1.26 bits per heavy atom. The molecule has 0 bridgehead atoms. The lowest BCUT2D eigenvalue weighted by Gasteiger charge is -2.34. The van der Waals surface area contributed by atoms with Crippen LogP contribution in [-0.4, -0.2) is 234 Å². The zero-order chi connectivity index (χ0) is 58.9. The first-order valence-electron chi connectivity index (χ1n) is 27.4. The molecule has 0 radical (unpaired) electrons. The summed E-state index contributed by atoms with van der Waals surface area (Å²) >= 11 is 0. The molecule has 2 aromatic rings. The summed E-state index contributed by atoms with van der Waals surface area (Å²) in [6.45, 7) is 4.99. The number of hydrogen-bond acceptors (Lipinski definition) is 19. The van der Waals surface area contributed by atoms with Crippen LogP contribution in [0.15, 0.2) is 48.5 Å². The zero-order valence-electron chi connectivity index (χ0n) is 47.1. The predicted molar refractivity (Wildman–Crippen MR) is 297 cm³/mol. The Balaban J connectivity index is 2.04. The molecule has 6 amide bonds. The van der Waals surface area contributed by atoms with Gasteiger partial charge in [-0.05, 0) is 30.2 Å². The fourth-order valence-electron chi connectivity index (χ4n) is 7.17. The third-order valence-electron chi connectivity index (χ3n) is 11.3. The van der Waals surface area contributed by atoms with Gasteiger partial charge in [0.25, 0.3) is 0 Å². The average molecular weight is 1150 g/mol. The molecule has 0 unspecified atom stereocenters. The lowest BCUT2D eigenvalue weighted by Crippen LogP contribution is -2.59. The summed E-state index contributed by atoms with van der Waals surface area (Å²) in [7, 11) is 0. The molecule has 81 heavy (non-hydrogen) atoms. The summed E-state index contributed by atoms with van der Waals surface area (Å²) in [4.78, 5) is 79.8. The molecule has 0 aliphatic carbocycles. The Hall–Kier alpha value is -5.70. The van der Waals surface area contributed by atoms with E-state index in [9.17, 15) is 28.8 Å². The highest BCUT2D eigenvalue weighted by Gasteiger charge is 2.34. The standard InChI is InChI=1S/C56H88N6O19/c1-3-47-9-6-7-11-49(47)62(42-48-10-5-4-8-46(48)2)55(71)13-12-50(66)57-18-29-72-25-17-54(70)61-56(43-79-26-14-51(67)58-19-30-73-36-39-76-33-22-63,44-80-27-15-52(68)59-20-31-74-37-40-77-34-23-64)45-81-28-16-53(69)60-21-32-75-38-41-78-35-24-65/h1,4-11,63-65H,12-45H2,2H3,(H,57,66)(H,58,67)(H,59,68)(H,60,69)(H,61,70). The van der Waals surface area contributed by atoms with E-state index >= 15 is 0 Å². The Labute approximate surface area is 476 Å². The maximum Gasteiger partial charge on any atom is 0.227 e. The molecule has 0 saturated heterocycles. The van der Waals surface area contributed by atoms with E-state index in [0.29, 0.717) is 50.9 Å². The number of amides is 6. The Bertz CT molecular complexity index is 1980. The summed E-state index contributed by atoms with van der Waals surface area (Å²) in [6, 6.07) is 14.8. The molecule has 25 heteroatoms. The molecule has 0 saturated carbocycles. The number of benzene rings is 2. The first-order chi connectivity index (χ1) is 39.5. The normalized spacial score (nSPS) is 11.2. The number of aryl methyl sites for hydroxylation is 1. The van der Waals surface area contributed by atoms with Crippen LogP contribution in [0.3, 0.4) is 0 Å². The third kappa shape index (κ3) is 36.4. The number of nitrogens with one attached hydrogen (secondary N) is 5. The summed E-state index contributed by atoms with van der Waals surface area (Å²) in [6.07, 6.45) is 5.34. The van der Waals surface area contributed by atoms with Gasteiger partial charge in [0.05, 0.1) is 164 Å². The van der Waals surface area contributed by atoms with Crippen molar-refractivity contribution in [2.24, 2.45) is 0 Å². The van der Waals surface area contributed by atoms with Crippen LogP contribution in [0, 0.1) is 19.3 Å². The first-order valence-corrected chi connectivity index (χ1v) is 27.4. The number of ether oxygens (including phenoxy) is 10. The third-order valence-corrected chi connectivity index (χ3v) is 11.3. The number of hydrogen-bond donors (Lipinski definition) is 8. The van der Waals surface area contributed by atoms with Crippen LogP contribution in [-0.2, 0) is 82.7 Å². The topological polar surface area (TPSA) is 319 Å². The second-order valence-corrected chi connectivity index (χ2v) is 17.9. The first kappa shape index (κ1) is 71.4. The average Bonchev–Trinajstić information content (AvgIpc) is 3.46. The second-order valence-electron chi connectivity index (χ2n) is 17.9. The van der Waals surface area contributed by atoms with Crippen LogP contribution in [0.1, 0.15) is 55.2 Å². The minimum atomic E-state index is -1.39. The molecule has 0 heterocycles. The van der Waals surface area contributed by atoms with Gasteiger partial charge in [-0.25, -0.2) is 0 Å². The van der Waals surface area contributed by atoms with E-state index in [-0.39, 0.29) is 213 Å². The fourth-order valence-corrected chi connectivity index (χ4v) is 7.17. The van der Waals surface area contributed by atoms with Crippen molar-refractivity contribution in [1.29, 1.82) is 0 Å². The monoisotopic (exact) mass is 1150 g/mol. The lowest BCUT2D eigenvalue weighted by atomic mass is 10.0. The van der Waals surface area contributed by atoms with Crippen LogP contribution < -0.4 is 31.5 Å². The van der Waals surface area contributed by atoms with E-state index in [2.05, 4.69) is 32.5 Å². The number of aliphatic hydroxyl groups excluding tert-OH is 3. The molecule has 0 aliphatic heterocycles. The quantitative estimate of drug-likeness (QED) is 0.0300. The number of carbonyl (C=O) groups excluding carboxylic acids is 6. The minimum Gasteiger partial charge on any atom is -0.394 e. The van der Waals surface area contributed by atoms with Gasteiger partial charge in [0.15, 0.2) is 0 Å². The zero-order valence-corrected chi connectivity index (χ0v) is 47.1. The molecule has 0 aliphatic rings. The van der Waals surface area contributed by atoms with Crippen molar-refractivity contribution < 1.29 is 91.5 Å². The van der Waals surface area contributed by atoms with Crippen LogP contribution in [0.4, 0.5) is 5.69 Å². The number of anilines is 1. The number of nitrogens with zero attached hydrogens (tertiary/aromatic N) is 1. The SMILES string of the molecule is C#Cc1ccccc1N(Cc1ccccc1C)C(=O)CCC(=O)NCCOCCC(=O)NC(COCCC(=O)NCCOCCOCCO)(COCCC(=O)NCCOCCOCCO)COCCC(=O)NCCOCCOCCO.